The number of fused-ring (bicyclic) bond motifs is 2. The van der Waals surface area contributed by atoms with Crippen molar-refractivity contribution < 1.29 is 4.79 Å². The van der Waals surface area contributed by atoms with Crippen LogP contribution in [0.5, 0.6) is 0 Å². The van der Waals surface area contributed by atoms with Crippen LogP contribution in [0.15, 0.2) is 67.1 Å². The molecule has 0 aliphatic heterocycles. The van der Waals surface area contributed by atoms with E-state index in [1.54, 1.807) is 23.5 Å². The first kappa shape index (κ1) is 23.4. The number of aromatic nitrogens is 7. The Morgan fingerprint density at radius 2 is 1.82 bits per heavy atom. The third kappa shape index (κ3) is 4.48. The highest BCUT2D eigenvalue weighted by Crippen LogP contribution is 2.31. The lowest BCUT2D eigenvalue weighted by molar-refractivity contribution is -0.116. The lowest BCUT2D eigenvalue weighted by atomic mass is 10.1. The molecule has 0 saturated carbocycles. The third-order valence-corrected chi connectivity index (χ3v) is 6.10. The number of H-pyrrole nitrogens is 2. The Morgan fingerprint density at radius 1 is 0.947 bits per heavy atom. The van der Waals surface area contributed by atoms with E-state index in [1.807, 2.05) is 50.5 Å². The molecule has 5 heterocycles. The Bertz CT molecular complexity index is 1800. The number of rotatable bonds is 6. The zero-order chi connectivity index (χ0) is 26.2. The first-order valence-corrected chi connectivity index (χ1v) is 12.1. The van der Waals surface area contributed by atoms with Gasteiger partial charge in [-0.2, -0.15) is 5.10 Å². The maximum absolute atomic E-state index is 12.2. The number of aryl methyl sites for hydroxylation is 1. The number of pyridine rings is 3. The molecule has 188 valence electrons. The lowest BCUT2D eigenvalue weighted by Crippen LogP contribution is -2.27. The van der Waals surface area contributed by atoms with Crippen molar-refractivity contribution in [3.05, 3.63) is 72.7 Å². The molecule has 10 nitrogen and oxygen atoms in total. The number of amides is 1. The summed E-state index contributed by atoms with van der Waals surface area (Å²) >= 11 is 0. The third-order valence-electron chi connectivity index (χ3n) is 6.10. The second-order valence-electron chi connectivity index (χ2n) is 9.42. The Kier molecular flexibility index (Phi) is 5.85. The van der Waals surface area contributed by atoms with E-state index in [9.17, 15) is 4.79 Å². The summed E-state index contributed by atoms with van der Waals surface area (Å²) in [5.74, 6) is 0.486. The van der Waals surface area contributed by atoms with Crippen LogP contribution in [-0.4, -0.2) is 66.6 Å². The van der Waals surface area contributed by atoms with Gasteiger partial charge in [-0.05, 0) is 51.4 Å². The molecule has 0 fully saturated rings. The molecule has 0 atom stereocenters. The molecule has 38 heavy (non-hydrogen) atoms. The van der Waals surface area contributed by atoms with Crippen LogP contribution in [0.4, 0.5) is 5.69 Å². The van der Waals surface area contributed by atoms with Crippen molar-refractivity contribution in [1.82, 2.24) is 40.0 Å². The van der Waals surface area contributed by atoms with Gasteiger partial charge in [0, 0.05) is 23.5 Å². The van der Waals surface area contributed by atoms with E-state index in [-0.39, 0.29) is 12.5 Å². The van der Waals surface area contributed by atoms with Crippen LogP contribution in [0.3, 0.4) is 0 Å². The van der Waals surface area contributed by atoms with E-state index in [1.165, 1.54) is 0 Å². The van der Waals surface area contributed by atoms with Crippen LogP contribution < -0.4 is 5.32 Å². The number of nitrogens with zero attached hydrogens (tertiary/aromatic N) is 6. The van der Waals surface area contributed by atoms with Gasteiger partial charge < -0.3 is 15.2 Å². The molecule has 0 unspecified atom stereocenters. The number of anilines is 1. The maximum atomic E-state index is 12.2. The van der Waals surface area contributed by atoms with Crippen molar-refractivity contribution in [2.45, 2.75) is 6.92 Å². The number of carbonyl (C=O) groups excluding carboxylic acids is 1. The summed E-state index contributed by atoms with van der Waals surface area (Å²) < 4.78 is 0. The van der Waals surface area contributed by atoms with Crippen LogP contribution >= 0.6 is 0 Å². The molecular weight excluding hydrogens is 478 g/mol. The molecule has 10 heteroatoms. The largest absolute Gasteiger partial charge is 0.336 e. The summed E-state index contributed by atoms with van der Waals surface area (Å²) in [7, 11) is 3.69. The van der Waals surface area contributed by atoms with Crippen LogP contribution in [0.1, 0.15) is 5.56 Å². The fourth-order valence-corrected chi connectivity index (χ4v) is 4.41. The molecule has 3 N–H and O–H groups in total. The van der Waals surface area contributed by atoms with Crippen molar-refractivity contribution in [3.63, 3.8) is 0 Å². The molecule has 0 saturated heterocycles. The average Bonchev–Trinajstić information content (AvgIpc) is 3.52. The Balaban J connectivity index is 1.38. The molecule has 1 aromatic carbocycles. The van der Waals surface area contributed by atoms with E-state index in [0.29, 0.717) is 28.4 Å². The number of benzene rings is 1. The zero-order valence-electron chi connectivity index (χ0n) is 21.1. The zero-order valence-corrected chi connectivity index (χ0v) is 21.1. The topological polar surface area (TPSA) is 128 Å². The van der Waals surface area contributed by atoms with Gasteiger partial charge in [-0.1, -0.05) is 23.8 Å². The number of aromatic amines is 2. The van der Waals surface area contributed by atoms with Crippen molar-refractivity contribution in [2.75, 3.05) is 26.0 Å². The van der Waals surface area contributed by atoms with E-state index in [0.717, 1.165) is 38.9 Å². The Morgan fingerprint density at radius 3 is 2.66 bits per heavy atom. The normalized spacial score (nSPS) is 11.5. The van der Waals surface area contributed by atoms with E-state index >= 15 is 0 Å². The van der Waals surface area contributed by atoms with Gasteiger partial charge in [-0.25, -0.2) is 9.97 Å². The number of carbonyl (C=O) groups is 1. The van der Waals surface area contributed by atoms with E-state index < -0.39 is 0 Å². The standard InChI is InChI=1S/C28H25N9O/c1-16-5-4-6-17(11-16)24-25-21(9-10-30-24)33-28(34-25)27-26-22(35-36-27)8-7-20(32-26)18-12-19(14-29-13-18)31-23(38)15-37(2)3/h4-14H,15H2,1-3H3,(H,31,38)(H,33,34)(H,35,36). The predicted octanol–water partition coefficient (Wildman–Crippen LogP) is 4.43. The van der Waals surface area contributed by atoms with Crippen LogP contribution in [0, 0.1) is 6.92 Å². The highest BCUT2D eigenvalue weighted by atomic mass is 16.2. The highest BCUT2D eigenvalue weighted by molar-refractivity contribution is 5.95. The van der Waals surface area contributed by atoms with Gasteiger partial charge in [-0.15, -0.1) is 0 Å². The molecule has 6 aromatic rings. The highest BCUT2D eigenvalue weighted by Gasteiger charge is 2.17. The fourth-order valence-electron chi connectivity index (χ4n) is 4.41. The minimum Gasteiger partial charge on any atom is -0.336 e. The first-order valence-electron chi connectivity index (χ1n) is 12.1. The van der Waals surface area contributed by atoms with Crippen molar-refractivity contribution in [2.24, 2.45) is 0 Å². The van der Waals surface area contributed by atoms with Crippen molar-refractivity contribution in [3.8, 4) is 34.0 Å². The minimum atomic E-state index is -0.112. The molecule has 0 radical (unpaired) electrons. The van der Waals surface area contributed by atoms with Crippen LogP contribution in [0.25, 0.3) is 56.1 Å². The minimum absolute atomic E-state index is 0.112. The monoisotopic (exact) mass is 503 g/mol. The second-order valence-corrected chi connectivity index (χ2v) is 9.42. The molecule has 1 amide bonds. The van der Waals surface area contributed by atoms with Gasteiger partial charge >= 0.3 is 0 Å². The van der Waals surface area contributed by atoms with E-state index in [4.69, 9.17) is 9.97 Å². The first-order chi connectivity index (χ1) is 18.4. The van der Waals surface area contributed by atoms with E-state index in [2.05, 4.69) is 49.5 Å². The quantitative estimate of drug-likeness (QED) is 0.307. The fraction of sp³-hybridized carbons (Fsp3) is 0.143. The summed E-state index contributed by atoms with van der Waals surface area (Å²) in [6.45, 7) is 2.34. The molecule has 0 aliphatic carbocycles. The van der Waals surface area contributed by atoms with Gasteiger partial charge in [0.05, 0.1) is 40.9 Å². The maximum Gasteiger partial charge on any atom is 0.238 e. The molecule has 5 aromatic heterocycles. The summed E-state index contributed by atoms with van der Waals surface area (Å²) in [6, 6.07) is 15.8. The summed E-state index contributed by atoms with van der Waals surface area (Å²) in [6.07, 6.45) is 5.11. The van der Waals surface area contributed by atoms with Gasteiger partial charge in [0.2, 0.25) is 5.91 Å². The Labute approximate surface area is 218 Å². The SMILES string of the molecule is Cc1cccc(-c2nccc3[nH]c(-c4n[nH]c5ccc(-c6cncc(NC(=O)CN(C)C)c6)nc45)nc23)c1. The van der Waals surface area contributed by atoms with Crippen molar-refractivity contribution in [1.29, 1.82) is 0 Å². The smallest absolute Gasteiger partial charge is 0.238 e. The number of hydrogen-bond acceptors (Lipinski definition) is 7. The predicted molar refractivity (Wildman–Crippen MR) is 147 cm³/mol. The van der Waals surface area contributed by atoms with Gasteiger partial charge in [0.25, 0.3) is 0 Å². The van der Waals surface area contributed by atoms with Gasteiger partial charge in [-0.3, -0.25) is 19.9 Å². The number of likely N-dealkylation sites (N-methyl/N-ethyl adjacent to an activating group) is 1. The summed E-state index contributed by atoms with van der Waals surface area (Å²) in [4.78, 5) is 36.1. The van der Waals surface area contributed by atoms with Crippen molar-refractivity contribution >= 4 is 33.7 Å². The lowest BCUT2D eigenvalue weighted by Gasteiger charge is -2.10. The van der Waals surface area contributed by atoms with Crippen LogP contribution in [0.2, 0.25) is 0 Å². The second kappa shape index (κ2) is 9.49. The van der Waals surface area contributed by atoms with Gasteiger partial charge in [0.15, 0.2) is 11.5 Å². The molecule has 0 spiro atoms. The Hall–Kier alpha value is -4.96. The molecule has 6 rings (SSSR count). The molecule has 0 bridgehead atoms. The van der Waals surface area contributed by atoms with Crippen LogP contribution in [-0.2, 0) is 4.79 Å². The average molecular weight is 504 g/mol. The summed E-state index contributed by atoms with van der Waals surface area (Å²) in [5.41, 5.74) is 8.75. The summed E-state index contributed by atoms with van der Waals surface area (Å²) in [5, 5.41) is 10.5. The number of imidazole rings is 1. The van der Waals surface area contributed by atoms with Gasteiger partial charge in [0.1, 0.15) is 11.0 Å². The molecular formula is C28H25N9O. The number of hydrogen-bond donors (Lipinski definition) is 3. The number of nitrogens with one attached hydrogen (secondary N) is 3. The molecule has 0 aliphatic rings.